The van der Waals surface area contributed by atoms with Crippen LogP contribution in [-0.2, 0) is 15.7 Å². The minimum atomic E-state index is -2.86. The van der Waals surface area contributed by atoms with Gasteiger partial charge in [-0.2, -0.15) is 0 Å². The number of aryl methyl sites for hydroxylation is 1. The van der Waals surface area contributed by atoms with Crippen LogP contribution in [0.1, 0.15) is 11.3 Å². The number of aromatic nitrogens is 2. The van der Waals surface area contributed by atoms with E-state index in [9.17, 15) is 8.42 Å². The van der Waals surface area contributed by atoms with Gasteiger partial charge in [0.15, 0.2) is 9.84 Å². The van der Waals surface area contributed by atoms with Gasteiger partial charge in [-0.3, -0.25) is 0 Å². The number of nitrogens with zero attached hydrogens (tertiary/aromatic N) is 3. The van der Waals surface area contributed by atoms with Gasteiger partial charge in [0.25, 0.3) is 0 Å². The number of hydrogen-bond acceptors (Lipinski definition) is 5. The summed E-state index contributed by atoms with van der Waals surface area (Å²) in [5, 5.41) is 0. The Kier molecular flexibility index (Phi) is 3.53. The number of halogens is 1. The Hall–Kier alpha value is -0.880. The summed E-state index contributed by atoms with van der Waals surface area (Å²) in [6.45, 7) is 2.80. The van der Waals surface area contributed by atoms with E-state index in [1.54, 1.807) is 6.20 Å². The van der Waals surface area contributed by atoms with Gasteiger partial charge in [0.1, 0.15) is 0 Å². The van der Waals surface area contributed by atoms with Crippen molar-refractivity contribution in [3.8, 4) is 0 Å². The minimum absolute atomic E-state index is 0.173. The molecule has 1 aliphatic rings. The van der Waals surface area contributed by atoms with Crippen molar-refractivity contribution in [2.75, 3.05) is 29.5 Å². The summed E-state index contributed by atoms with van der Waals surface area (Å²) in [4.78, 5) is 10.5. The molecule has 0 atom stereocenters. The highest BCUT2D eigenvalue weighted by atomic mass is 35.5. The normalized spacial score (nSPS) is 19.3. The molecule has 0 aromatic carbocycles. The van der Waals surface area contributed by atoms with Crippen molar-refractivity contribution in [3.63, 3.8) is 0 Å². The van der Waals surface area contributed by atoms with Crippen molar-refractivity contribution in [2.45, 2.75) is 12.8 Å². The van der Waals surface area contributed by atoms with Gasteiger partial charge in [0.2, 0.25) is 5.95 Å². The highest BCUT2D eigenvalue weighted by Crippen LogP contribution is 2.15. The van der Waals surface area contributed by atoms with Crippen molar-refractivity contribution < 1.29 is 8.42 Å². The molecule has 0 unspecified atom stereocenters. The Bertz CT molecular complexity index is 504. The average Bonchev–Trinajstić information content (AvgIpc) is 2.29. The SMILES string of the molecule is Cc1nc(N2CCS(=O)(=O)CC2)ncc1CCl. The monoisotopic (exact) mass is 275 g/mol. The fraction of sp³-hybridized carbons (Fsp3) is 0.600. The zero-order chi connectivity index (χ0) is 12.5. The van der Waals surface area contributed by atoms with Crippen LogP contribution in [-0.4, -0.2) is 43.0 Å². The maximum atomic E-state index is 11.3. The molecule has 1 fully saturated rings. The lowest BCUT2D eigenvalue weighted by Gasteiger charge is -2.26. The van der Waals surface area contributed by atoms with E-state index in [2.05, 4.69) is 9.97 Å². The van der Waals surface area contributed by atoms with Gasteiger partial charge >= 0.3 is 0 Å². The van der Waals surface area contributed by atoms with E-state index in [4.69, 9.17) is 11.6 Å². The molecule has 7 heteroatoms. The molecule has 2 rings (SSSR count). The molecule has 0 radical (unpaired) electrons. The molecule has 94 valence electrons. The summed E-state index contributed by atoms with van der Waals surface area (Å²) in [6, 6.07) is 0. The van der Waals surface area contributed by atoms with Crippen LogP contribution in [0.5, 0.6) is 0 Å². The van der Waals surface area contributed by atoms with Gasteiger partial charge in [-0.05, 0) is 6.92 Å². The number of anilines is 1. The van der Waals surface area contributed by atoms with Crippen molar-refractivity contribution in [1.29, 1.82) is 0 Å². The molecule has 17 heavy (non-hydrogen) atoms. The minimum Gasteiger partial charge on any atom is -0.339 e. The summed E-state index contributed by atoms with van der Waals surface area (Å²) < 4.78 is 22.6. The van der Waals surface area contributed by atoms with E-state index in [-0.39, 0.29) is 11.5 Å². The number of sulfone groups is 1. The van der Waals surface area contributed by atoms with Crippen molar-refractivity contribution in [1.82, 2.24) is 9.97 Å². The molecule has 2 heterocycles. The molecule has 5 nitrogen and oxygen atoms in total. The van der Waals surface area contributed by atoms with Crippen LogP contribution < -0.4 is 4.90 Å². The second kappa shape index (κ2) is 4.78. The van der Waals surface area contributed by atoms with Crippen LogP contribution in [0.2, 0.25) is 0 Å². The third-order valence-corrected chi connectivity index (χ3v) is 4.74. The Labute approximate surface area is 106 Å². The topological polar surface area (TPSA) is 63.2 Å². The number of rotatable bonds is 2. The Morgan fingerprint density at radius 3 is 2.59 bits per heavy atom. The Morgan fingerprint density at radius 1 is 1.41 bits per heavy atom. The molecule has 0 saturated carbocycles. The lowest BCUT2D eigenvalue weighted by molar-refractivity contribution is 0.585. The maximum absolute atomic E-state index is 11.3. The quantitative estimate of drug-likeness (QED) is 0.746. The van der Waals surface area contributed by atoms with Gasteiger partial charge in [-0.1, -0.05) is 0 Å². The largest absolute Gasteiger partial charge is 0.339 e. The lowest BCUT2D eigenvalue weighted by atomic mass is 10.3. The van der Waals surface area contributed by atoms with E-state index in [0.717, 1.165) is 11.3 Å². The van der Waals surface area contributed by atoms with Gasteiger partial charge in [-0.25, -0.2) is 18.4 Å². The van der Waals surface area contributed by atoms with Gasteiger partial charge in [-0.15, -0.1) is 11.6 Å². The maximum Gasteiger partial charge on any atom is 0.225 e. The molecule has 0 spiro atoms. The van der Waals surface area contributed by atoms with E-state index in [1.165, 1.54) is 0 Å². The van der Waals surface area contributed by atoms with Gasteiger partial charge in [0, 0.05) is 30.5 Å². The molecule has 0 amide bonds. The molecule has 0 bridgehead atoms. The van der Waals surface area contributed by atoms with Crippen molar-refractivity contribution in [2.24, 2.45) is 0 Å². The second-order valence-electron chi connectivity index (χ2n) is 4.05. The summed E-state index contributed by atoms with van der Waals surface area (Å²) in [6.07, 6.45) is 1.70. The van der Waals surface area contributed by atoms with E-state index >= 15 is 0 Å². The van der Waals surface area contributed by atoms with E-state index in [1.807, 2.05) is 11.8 Å². The molecular weight excluding hydrogens is 262 g/mol. The Balaban J connectivity index is 2.16. The smallest absolute Gasteiger partial charge is 0.225 e. The third-order valence-electron chi connectivity index (χ3n) is 2.84. The van der Waals surface area contributed by atoms with Crippen LogP contribution in [0.4, 0.5) is 5.95 Å². The van der Waals surface area contributed by atoms with Gasteiger partial charge < -0.3 is 4.90 Å². The fourth-order valence-corrected chi connectivity index (χ4v) is 3.14. The molecule has 0 aliphatic carbocycles. The first-order valence-electron chi connectivity index (χ1n) is 5.36. The molecule has 0 N–H and O–H groups in total. The third kappa shape index (κ3) is 2.87. The number of hydrogen-bond donors (Lipinski definition) is 0. The van der Waals surface area contributed by atoms with Crippen molar-refractivity contribution in [3.05, 3.63) is 17.5 Å². The fourth-order valence-electron chi connectivity index (χ4n) is 1.68. The zero-order valence-electron chi connectivity index (χ0n) is 9.56. The van der Waals surface area contributed by atoms with Crippen LogP contribution >= 0.6 is 11.6 Å². The first kappa shape index (κ1) is 12.6. The predicted octanol–water partition coefficient (Wildman–Crippen LogP) is 0.759. The average molecular weight is 276 g/mol. The molecule has 1 aromatic rings. The van der Waals surface area contributed by atoms with Crippen LogP contribution in [0.25, 0.3) is 0 Å². The van der Waals surface area contributed by atoms with Crippen LogP contribution in [0.3, 0.4) is 0 Å². The van der Waals surface area contributed by atoms with Crippen molar-refractivity contribution >= 4 is 27.4 Å². The molecule has 1 saturated heterocycles. The summed E-state index contributed by atoms with van der Waals surface area (Å²) in [7, 11) is -2.86. The van der Waals surface area contributed by atoms with Crippen LogP contribution in [0, 0.1) is 6.92 Å². The molecule has 1 aliphatic heterocycles. The molecular formula is C10H14ClN3O2S. The van der Waals surface area contributed by atoms with E-state index < -0.39 is 9.84 Å². The van der Waals surface area contributed by atoms with Gasteiger partial charge in [0.05, 0.1) is 17.4 Å². The first-order valence-corrected chi connectivity index (χ1v) is 7.71. The second-order valence-corrected chi connectivity index (χ2v) is 6.62. The zero-order valence-corrected chi connectivity index (χ0v) is 11.1. The first-order chi connectivity index (χ1) is 8.02. The number of alkyl halides is 1. The summed E-state index contributed by atoms with van der Waals surface area (Å²) in [5.74, 6) is 1.33. The predicted molar refractivity (Wildman–Crippen MR) is 67.2 cm³/mol. The standard InChI is InChI=1S/C10H14ClN3O2S/c1-8-9(6-11)7-12-10(13-8)14-2-4-17(15,16)5-3-14/h7H,2-6H2,1H3. The molecule has 1 aromatic heterocycles. The highest BCUT2D eigenvalue weighted by Gasteiger charge is 2.23. The summed E-state index contributed by atoms with van der Waals surface area (Å²) in [5.41, 5.74) is 1.75. The summed E-state index contributed by atoms with van der Waals surface area (Å²) >= 11 is 5.73. The Morgan fingerprint density at radius 2 is 2.06 bits per heavy atom. The van der Waals surface area contributed by atoms with Crippen LogP contribution in [0.15, 0.2) is 6.20 Å². The lowest BCUT2D eigenvalue weighted by Crippen LogP contribution is -2.41. The highest BCUT2D eigenvalue weighted by molar-refractivity contribution is 7.91. The van der Waals surface area contributed by atoms with E-state index in [0.29, 0.717) is 24.9 Å².